The molecule has 1 aromatic heterocycles. The van der Waals surface area contributed by atoms with E-state index in [1.54, 1.807) is 0 Å². The van der Waals surface area contributed by atoms with Gasteiger partial charge in [0.25, 0.3) is 11.8 Å². The number of aromatic nitrogens is 2. The van der Waals surface area contributed by atoms with Crippen molar-refractivity contribution < 1.29 is 31.9 Å². The molecule has 0 saturated heterocycles. The van der Waals surface area contributed by atoms with Crippen LogP contribution >= 0.6 is 0 Å². The highest BCUT2D eigenvalue weighted by Gasteiger charge is 2.35. The highest BCUT2D eigenvalue weighted by atomic mass is 19.4. The minimum Gasteiger partial charge on any atom is -0.377 e. The molecule has 0 aliphatic rings. The molecule has 0 aliphatic carbocycles. The largest absolute Gasteiger partial charge is 0.417 e. The van der Waals surface area contributed by atoms with Gasteiger partial charge < -0.3 is 20.4 Å². The van der Waals surface area contributed by atoms with E-state index < -0.39 is 34.9 Å². The summed E-state index contributed by atoms with van der Waals surface area (Å²) in [5.74, 6) is -2.04. The van der Waals surface area contributed by atoms with E-state index in [9.17, 15) is 27.2 Å². The number of hydrogen-bond donors (Lipinski definition) is 3. The molecule has 11 heteroatoms. The number of alkyl halides is 3. The number of H-pyrrole nitrogens is 1. The SMILES string of the molecule is COCc1nc2c(C(=O)Nc3ccccc3F)cc(NC(=O)c3ccccc3C(F)(F)F)cc2[nH]1. The number of hydrogen-bond acceptors (Lipinski definition) is 4. The maximum atomic E-state index is 14.1. The van der Waals surface area contributed by atoms with Crippen molar-refractivity contribution >= 4 is 34.2 Å². The summed E-state index contributed by atoms with van der Waals surface area (Å²) in [4.78, 5) is 33.0. The van der Waals surface area contributed by atoms with Crippen LogP contribution in [0.1, 0.15) is 32.1 Å². The Morgan fingerprint density at radius 3 is 2.37 bits per heavy atom. The van der Waals surface area contributed by atoms with Gasteiger partial charge in [0.1, 0.15) is 23.8 Å². The second-order valence-electron chi connectivity index (χ2n) is 7.47. The number of amides is 2. The molecule has 7 nitrogen and oxygen atoms in total. The molecule has 0 aliphatic heterocycles. The predicted molar refractivity (Wildman–Crippen MR) is 121 cm³/mol. The molecule has 0 spiro atoms. The highest BCUT2D eigenvalue weighted by molar-refractivity contribution is 6.14. The number of methoxy groups -OCH3 is 1. The van der Waals surface area contributed by atoms with Crippen LogP contribution < -0.4 is 10.6 Å². The second-order valence-corrected chi connectivity index (χ2v) is 7.47. The van der Waals surface area contributed by atoms with Crippen LogP contribution in [-0.2, 0) is 17.5 Å². The van der Waals surface area contributed by atoms with Gasteiger partial charge in [-0.25, -0.2) is 9.37 Å². The molecule has 0 unspecified atom stereocenters. The maximum Gasteiger partial charge on any atom is 0.417 e. The minimum atomic E-state index is -4.73. The van der Waals surface area contributed by atoms with Crippen molar-refractivity contribution in [2.45, 2.75) is 12.8 Å². The first-order chi connectivity index (χ1) is 16.7. The topological polar surface area (TPSA) is 96.1 Å². The second kappa shape index (κ2) is 9.55. The van der Waals surface area contributed by atoms with Gasteiger partial charge >= 0.3 is 6.18 Å². The summed E-state index contributed by atoms with van der Waals surface area (Å²) in [6.45, 7) is 0.0870. The number of carbonyl (C=O) groups is 2. The molecule has 35 heavy (non-hydrogen) atoms. The zero-order chi connectivity index (χ0) is 25.2. The maximum absolute atomic E-state index is 14.1. The first kappa shape index (κ1) is 23.9. The van der Waals surface area contributed by atoms with E-state index in [1.165, 1.54) is 55.6 Å². The van der Waals surface area contributed by atoms with Crippen molar-refractivity contribution in [1.29, 1.82) is 0 Å². The molecule has 0 atom stereocenters. The average molecular weight is 486 g/mol. The Kier molecular flexibility index (Phi) is 6.52. The normalized spacial score (nSPS) is 11.5. The van der Waals surface area contributed by atoms with E-state index in [4.69, 9.17) is 4.74 Å². The molecular formula is C24H18F4N4O3. The Balaban J connectivity index is 1.73. The fourth-order valence-electron chi connectivity index (χ4n) is 3.50. The van der Waals surface area contributed by atoms with Gasteiger partial charge in [-0.3, -0.25) is 9.59 Å². The summed E-state index contributed by atoms with van der Waals surface area (Å²) < 4.78 is 59.2. The van der Waals surface area contributed by atoms with Crippen LogP contribution in [0.4, 0.5) is 28.9 Å². The number of rotatable bonds is 6. The van der Waals surface area contributed by atoms with Gasteiger partial charge in [0.05, 0.1) is 27.9 Å². The summed E-state index contributed by atoms with van der Waals surface area (Å²) in [5, 5.41) is 4.84. The average Bonchev–Trinajstić information content (AvgIpc) is 3.22. The molecule has 0 saturated carbocycles. The lowest BCUT2D eigenvalue weighted by Gasteiger charge is -2.13. The number of anilines is 2. The molecule has 0 bridgehead atoms. The van der Waals surface area contributed by atoms with Crippen molar-refractivity contribution in [2.75, 3.05) is 17.7 Å². The van der Waals surface area contributed by atoms with E-state index in [-0.39, 0.29) is 29.1 Å². The molecule has 0 radical (unpaired) electrons. The third kappa shape index (κ3) is 5.14. The van der Waals surface area contributed by atoms with Crippen LogP contribution in [-0.4, -0.2) is 28.9 Å². The van der Waals surface area contributed by atoms with E-state index in [0.717, 1.165) is 12.1 Å². The number of benzene rings is 3. The van der Waals surface area contributed by atoms with Gasteiger partial charge in [0.2, 0.25) is 0 Å². The van der Waals surface area contributed by atoms with Crippen molar-refractivity contribution in [1.82, 2.24) is 9.97 Å². The fourth-order valence-corrected chi connectivity index (χ4v) is 3.50. The van der Waals surface area contributed by atoms with Crippen LogP contribution in [0.5, 0.6) is 0 Å². The lowest BCUT2D eigenvalue weighted by atomic mass is 10.1. The molecule has 4 aromatic rings. The lowest BCUT2D eigenvalue weighted by molar-refractivity contribution is -0.137. The third-order valence-electron chi connectivity index (χ3n) is 5.02. The zero-order valence-electron chi connectivity index (χ0n) is 18.2. The van der Waals surface area contributed by atoms with Crippen molar-refractivity contribution in [3.63, 3.8) is 0 Å². The summed E-state index contributed by atoms with van der Waals surface area (Å²) in [6.07, 6.45) is -4.73. The number of imidazole rings is 1. The lowest BCUT2D eigenvalue weighted by Crippen LogP contribution is -2.19. The van der Waals surface area contributed by atoms with Crippen LogP contribution in [0.3, 0.4) is 0 Å². The molecule has 4 rings (SSSR count). The standard InChI is InChI=1S/C24H18F4N4O3/c1-35-12-20-30-19-11-13(29-22(33)14-6-2-3-7-16(14)24(26,27)28)10-15(21(19)32-20)23(34)31-18-9-5-4-8-17(18)25/h2-11H,12H2,1H3,(H,29,33)(H,30,32)(H,31,34). The smallest absolute Gasteiger partial charge is 0.377 e. The first-order valence-electron chi connectivity index (χ1n) is 10.2. The van der Waals surface area contributed by atoms with E-state index in [1.807, 2.05) is 0 Å². The molecule has 1 heterocycles. The summed E-state index contributed by atoms with van der Waals surface area (Å²) in [6, 6.07) is 12.6. The van der Waals surface area contributed by atoms with Crippen molar-refractivity contribution in [3.05, 3.63) is 89.0 Å². The summed E-state index contributed by atoms with van der Waals surface area (Å²) in [5.41, 5.74) is -1.24. The zero-order valence-corrected chi connectivity index (χ0v) is 18.2. The highest BCUT2D eigenvalue weighted by Crippen LogP contribution is 2.32. The number of aromatic amines is 1. The molecule has 3 aromatic carbocycles. The van der Waals surface area contributed by atoms with E-state index in [2.05, 4.69) is 20.6 Å². The number of fused-ring (bicyclic) bond motifs is 1. The van der Waals surface area contributed by atoms with Gasteiger partial charge in [0, 0.05) is 12.8 Å². The molecule has 2 amide bonds. The number of nitrogens with zero attached hydrogens (tertiary/aromatic N) is 1. The van der Waals surface area contributed by atoms with Gasteiger partial charge in [-0.2, -0.15) is 13.2 Å². The van der Waals surface area contributed by atoms with Gasteiger partial charge in [-0.1, -0.05) is 24.3 Å². The summed E-state index contributed by atoms with van der Waals surface area (Å²) in [7, 11) is 1.45. The van der Waals surface area contributed by atoms with Gasteiger partial charge in [0.15, 0.2) is 0 Å². The van der Waals surface area contributed by atoms with Gasteiger partial charge in [-0.05, 0) is 36.4 Å². The number of ether oxygens (including phenoxy) is 1. The third-order valence-corrected chi connectivity index (χ3v) is 5.02. The molecule has 3 N–H and O–H groups in total. The molecule has 0 fully saturated rings. The summed E-state index contributed by atoms with van der Waals surface area (Å²) >= 11 is 0. The Hall–Kier alpha value is -4.25. The van der Waals surface area contributed by atoms with Crippen molar-refractivity contribution in [2.24, 2.45) is 0 Å². The van der Waals surface area contributed by atoms with Crippen LogP contribution in [0.25, 0.3) is 11.0 Å². The quantitative estimate of drug-likeness (QED) is 0.319. The first-order valence-corrected chi connectivity index (χ1v) is 10.2. The van der Waals surface area contributed by atoms with E-state index in [0.29, 0.717) is 11.3 Å². The number of halogens is 4. The Bertz CT molecular complexity index is 1420. The Labute approximate surface area is 196 Å². The van der Waals surface area contributed by atoms with Crippen molar-refractivity contribution in [3.8, 4) is 0 Å². The van der Waals surface area contributed by atoms with Crippen LogP contribution in [0, 0.1) is 5.82 Å². The number of nitrogens with one attached hydrogen (secondary N) is 3. The molecule has 180 valence electrons. The number of carbonyl (C=O) groups excluding carboxylic acids is 2. The fraction of sp³-hybridized carbons (Fsp3) is 0.125. The predicted octanol–water partition coefficient (Wildman–Crippen LogP) is 5.37. The Morgan fingerprint density at radius 2 is 1.66 bits per heavy atom. The van der Waals surface area contributed by atoms with Crippen LogP contribution in [0.15, 0.2) is 60.7 Å². The van der Waals surface area contributed by atoms with Gasteiger partial charge in [-0.15, -0.1) is 0 Å². The Morgan fingerprint density at radius 1 is 0.971 bits per heavy atom. The minimum absolute atomic E-state index is 0.0331. The van der Waals surface area contributed by atoms with Crippen LogP contribution in [0.2, 0.25) is 0 Å². The monoisotopic (exact) mass is 486 g/mol. The van der Waals surface area contributed by atoms with E-state index >= 15 is 0 Å². The number of para-hydroxylation sites is 1. The molecular weight excluding hydrogens is 468 g/mol.